The van der Waals surface area contributed by atoms with Crippen LogP contribution in [-0.4, -0.2) is 90.8 Å². The number of H-pyrrole nitrogens is 1. The van der Waals surface area contributed by atoms with Crippen LogP contribution in [0.1, 0.15) is 10.5 Å². The normalized spacial score (nSPS) is 14.1. The molecule has 0 saturated carbocycles. The Hall–Kier alpha value is -3.85. The standard InChI is InChI=1S/C25H29N5O4/c1-28(16-23(31)26-19-7-5-8-20(15-19)34-2)24(32)17-29-10-12-30(13-11-29)25(33)22-14-18-6-3-4-9-21(18)27-22/h3-9,14-15,27H,10-13,16-17H2,1-2H3,(H,26,31). The van der Waals surface area contributed by atoms with E-state index < -0.39 is 0 Å². The number of rotatable bonds is 7. The number of hydrogen-bond donors (Lipinski definition) is 2. The van der Waals surface area contributed by atoms with Gasteiger partial charge in [0.1, 0.15) is 11.4 Å². The second-order valence-corrected chi connectivity index (χ2v) is 8.37. The molecule has 0 bridgehead atoms. The summed E-state index contributed by atoms with van der Waals surface area (Å²) in [6.07, 6.45) is 0. The maximum atomic E-state index is 12.9. The van der Waals surface area contributed by atoms with Gasteiger partial charge in [0.2, 0.25) is 11.8 Å². The molecule has 0 atom stereocenters. The lowest BCUT2D eigenvalue weighted by Gasteiger charge is -2.34. The predicted molar refractivity (Wildman–Crippen MR) is 130 cm³/mol. The van der Waals surface area contributed by atoms with Crippen molar-refractivity contribution in [3.8, 4) is 5.75 Å². The molecule has 1 saturated heterocycles. The van der Waals surface area contributed by atoms with Crippen LogP contribution in [0.2, 0.25) is 0 Å². The van der Waals surface area contributed by atoms with Crippen LogP contribution < -0.4 is 10.1 Å². The van der Waals surface area contributed by atoms with Crippen LogP contribution in [0, 0.1) is 0 Å². The van der Waals surface area contributed by atoms with Crippen molar-refractivity contribution >= 4 is 34.3 Å². The Morgan fingerprint density at radius 3 is 2.53 bits per heavy atom. The van der Waals surface area contributed by atoms with E-state index in [-0.39, 0.29) is 30.8 Å². The zero-order valence-electron chi connectivity index (χ0n) is 19.4. The Morgan fingerprint density at radius 2 is 1.79 bits per heavy atom. The number of piperazine rings is 1. The summed E-state index contributed by atoms with van der Waals surface area (Å²) >= 11 is 0. The van der Waals surface area contributed by atoms with Gasteiger partial charge in [-0.25, -0.2) is 0 Å². The third kappa shape index (κ3) is 5.55. The summed E-state index contributed by atoms with van der Waals surface area (Å²) in [4.78, 5) is 46.2. The molecule has 2 aromatic carbocycles. The Kier molecular flexibility index (Phi) is 7.12. The second kappa shape index (κ2) is 10.4. The number of hydrogen-bond acceptors (Lipinski definition) is 5. The first-order valence-corrected chi connectivity index (χ1v) is 11.2. The summed E-state index contributed by atoms with van der Waals surface area (Å²) in [5, 5.41) is 3.78. The summed E-state index contributed by atoms with van der Waals surface area (Å²) in [5.74, 6) is 0.187. The number of aromatic nitrogens is 1. The van der Waals surface area contributed by atoms with Crippen molar-refractivity contribution in [2.24, 2.45) is 0 Å². The molecule has 9 heteroatoms. The van der Waals surface area contributed by atoms with Gasteiger partial charge in [-0.15, -0.1) is 0 Å². The number of nitrogens with one attached hydrogen (secondary N) is 2. The van der Waals surface area contributed by atoms with Crippen LogP contribution in [0.25, 0.3) is 10.9 Å². The number of carbonyl (C=O) groups is 3. The molecule has 1 fully saturated rings. The third-order valence-electron chi connectivity index (χ3n) is 5.94. The quantitative estimate of drug-likeness (QED) is 0.559. The van der Waals surface area contributed by atoms with Gasteiger partial charge in [-0.3, -0.25) is 19.3 Å². The minimum atomic E-state index is -0.280. The molecule has 0 aliphatic carbocycles. The van der Waals surface area contributed by atoms with Crippen molar-refractivity contribution in [2.45, 2.75) is 0 Å². The molecule has 0 radical (unpaired) electrons. The minimum absolute atomic E-state index is 0.0338. The summed E-state index contributed by atoms with van der Waals surface area (Å²) in [5.41, 5.74) is 2.13. The van der Waals surface area contributed by atoms with Gasteiger partial charge < -0.3 is 24.8 Å². The number of likely N-dealkylation sites (N-methyl/N-ethyl adjacent to an activating group) is 1. The summed E-state index contributed by atoms with van der Waals surface area (Å²) < 4.78 is 5.15. The van der Waals surface area contributed by atoms with E-state index in [2.05, 4.69) is 10.3 Å². The monoisotopic (exact) mass is 463 g/mol. The van der Waals surface area contributed by atoms with Crippen molar-refractivity contribution in [1.29, 1.82) is 0 Å². The van der Waals surface area contributed by atoms with E-state index in [1.807, 2.05) is 35.2 Å². The fraction of sp³-hybridized carbons (Fsp3) is 0.320. The van der Waals surface area contributed by atoms with Crippen molar-refractivity contribution in [1.82, 2.24) is 19.7 Å². The number of para-hydroxylation sites is 1. The molecule has 178 valence electrons. The van der Waals surface area contributed by atoms with Gasteiger partial charge in [0.15, 0.2) is 0 Å². The average Bonchev–Trinajstić information content (AvgIpc) is 3.28. The van der Waals surface area contributed by atoms with E-state index in [4.69, 9.17) is 4.74 Å². The zero-order chi connectivity index (χ0) is 24.1. The maximum absolute atomic E-state index is 12.9. The summed E-state index contributed by atoms with van der Waals surface area (Å²) in [6, 6.07) is 16.7. The van der Waals surface area contributed by atoms with Crippen molar-refractivity contribution < 1.29 is 19.1 Å². The minimum Gasteiger partial charge on any atom is -0.497 e. The SMILES string of the molecule is COc1cccc(NC(=O)CN(C)C(=O)CN2CCN(C(=O)c3cc4ccccc4[nH]3)CC2)c1. The molecule has 34 heavy (non-hydrogen) atoms. The number of anilines is 1. The van der Waals surface area contributed by atoms with E-state index in [9.17, 15) is 14.4 Å². The average molecular weight is 464 g/mol. The van der Waals surface area contributed by atoms with Gasteiger partial charge >= 0.3 is 0 Å². The number of carbonyl (C=O) groups excluding carboxylic acids is 3. The van der Waals surface area contributed by atoms with Crippen LogP contribution in [0.15, 0.2) is 54.6 Å². The first kappa shape index (κ1) is 23.3. The van der Waals surface area contributed by atoms with Crippen molar-refractivity contribution in [2.75, 3.05) is 58.7 Å². The van der Waals surface area contributed by atoms with Crippen LogP contribution in [0.5, 0.6) is 5.75 Å². The van der Waals surface area contributed by atoms with Crippen LogP contribution in [0.4, 0.5) is 5.69 Å². The summed E-state index contributed by atoms with van der Waals surface area (Å²) in [7, 11) is 3.17. The Labute approximate surface area is 198 Å². The highest BCUT2D eigenvalue weighted by molar-refractivity contribution is 5.98. The van der Waals surface area contributed by atoms with Crippen molar-refractivity contribution in [3.63, 3.8) is 0 Å². The molecule has 1 aromatic heterocycles. The van der Waals surface area contributed by atoms with E-state index in [1.54, 1.807) is 43.3 Å². The smallest absolute Gasteiger partial charge is 0.270 e. The number of methoxy groups -OCH3 is 1. The number of benzene rings is 2. The number of nitrogens with zero attached hydrogens (tertiary/aromatic N) is 3. The number of amides is 3. The Morgan fingerprint density at radius 1 is 1.03 bits per heavy atom. The molecule has 2 N–H and O–H groups in total. The van der Waals surface area contributed by atoms with Gasteiger partial charge in [0.25, 0.3) is 5.91 Å². The number of ether oxygens (including phenoxy) is 1. The lowest BCUT2D eigenvalue weighted by Crippen LogP contribution is -2.51. The molecule has 1 aliphatic heterocycles. The van der Waals surface area contributed by atoms with Gasteiger partial charge in [-0.05, 0) is 24.3 Å². The molecule has 1 aliphatic rings. The van der Waals surface area contributed by atoms with E-state index in [1.165, 1.54) is 4.90 Å². The third-order valence-corrected chi connectivity index (χ3v) is 5.94. The number of fused-ring (bicyclic) bond motifs is 1. The molecule has 3 aromatic rings. The van der Waals surface area contributed by atoms with Crippen molar-refractivity contribution in [3.05, 3.63) is 60.3 Å². The van der Waals surface area contributed by atoms with Gasteiger partial charge in [0, 0.05) is 55.9 Å². The number of aromatic amines is 1. The molecule has 3 amide bonds. The van der Waals surface area contributed by atoms with Crippen LogP contribution >= 0.6 is 0 Å². The molecule has 0 spiro atoms. The first-order valence-electron chi connectivity index (χ1n) is 11.2. The second-order valence-electron chi connectivity index (χ2n) is 8.37. The lowest BCUT2D eigenvalue weighted by molar-refractivity contribution is -0.134. The molecule has 0 unspecified atom stereocenters. The van der Waals surface area contributed by atoms with E-state index in [0.29, 0.717) is 43.3 Å². The highest BCUT2D eigenvalue weighted by Gasteiger charge is 2.25. The topological polar surface area (TPSA) is 98.0 Å². The maximum Gasteiger partial charge on any atom is 0.270 e. The lowest BCUT2D eigenvalue weighted by atomic mass is 10.2. The Balaban J connectivity index is 1.23. The summed E-state index contributed by atoms with van der Waals surface area (Å²) in [6.45, 7) is 2.44. The fourth-order valence-corrected chi connectivity index (χ4v) is 3.98. The first-order chi connectivity index (χ1) is 16.4. The van der Waals surface area contributed by atoms with Crippen LogP contribution in [0.3, 0.4) is 0 Å². The highest BCUT2D eigenvalue weighted by atomic mass is 16.5. The molecule has 4 rings (SSSR count). The fourth-order valence-electron chi connectivity index (χ4n) is 3.98. The largest absolute Gasteiger partial charge is 0.497 e. The zero-order valence-corrected chi connectivity index (χ0v) is 19.4. The predicted octanol–water partition coefficient (Wildman–Crippen LogP) is 2.03. The van der Waals surface area contributed by atoms with Gasteiger partial charge in [0.05, 0.1) is 20.2 Å². The molecular weight excluding hydrogens is 434 g/mol. The van der Waals surface area contributed by atoms with E-state index >= 15 is 0 Å². The molecule has 2 heterocycles. The Bertz CT molecular complexity index is 1150. The van der Waals surface area contributed by atoms with E-state index in [0.717, 1.165) is 10.9 Å². The highest BCUT2D eigenvalue weighted by Crippen LogP contribution is 2.18. The molecule has 9 nitrogen and oxygen atoms in total. The van der Waals surface area contributed by atoms with Gasteiger partial charge in [-0.1, -0.05) is 24.3 Å². The van der Waals surface area contributed by atoms with Gasteiger partial charge in [-0.2, -0.15) is 0 Å². The van der Waals surface area contributed by atoms with Crippen LogP contribution in [-0.2, 0) is 9.59 Å². The molecular formula is C25H29N5O4.